The Balaban J connectivity index is 1.95. The van der Waals surface area contributed by atoms with Crippen LogP contribution < -0.4 is 10.4 Å². The van der Waals surface area contributed by atoms with E-state index in [0.717, 1.165) is 22.9 Å². The summed E-state index contributed by atoms with van der Waals surface area (Å²) in [7, 11) is 0. The van der Waals surface area contributed by atoms with Gasteiger partial charge in [-0.05, 0) is 35.9 Å². The van der Waals surface area contributed by atoms with E-state index in [4.69, 9.17) is 16.7 Å². The maximum atomic E-state index is 13.7. The van der Waals surface area contributed by atoms with E-state index in [9.17, 15) is 32.7 Å². The predicted octanol–water partition coefficient (Wildman–Crippen LogP) is 3.15. The molecule has 4 aromatic rings. The summed E-state index contributed by atoms with van der Waals surface area (Å²) in [6, 6.07) is 12.4. The minimum Gasteiger partial charge on any atom is -0.545 e. The molecule has 4 rings (SSSR count). The molecule has 12 heteroatoms. The summed E-state index contributed by atoms with van der Waals surface area (Å²) in [5, 5.41) is 26.6. The molecule has 0 saturated carbocycles. The number of nitrogens with zero attached hydrogens (tertiary/aromatic N) is 2. The molecule has 2 N–H and O–H groups in total. The monoisotopic (exact) mass is 530 g/mol. The molecule has 3 aromatic carbocycles. The highest BCUT2D eigenvalue weighted by molar-refractivity contribution is 6.34. The third-order valence-electron chi connectivity index (χ3n) is 5.46. The number of carbonyl (C=O) groups is 3. The van der Waals surface area contributed by atoms with Crippen LogP contribution in [0.2, 0.25) is 5.02 Å². The van der Waals surface area contributed by atoms with Crippen LogP contribution in [-0.2, 0) is 6.18 Å². The molecule has 0 unspecified atom stereocenters. The van der Waals surface area contributed by atoms with Gasteiger partial charge in [0.1, 0.15) is 5.69 Å². The van der Waals surface area contributed by atoms with Gasteiger partial charge in [0.2, 0.25) is 0 Å². The summed E-state index contributed by atoms with van der Waals surface area (Å²) >= 11 is 6.03. The number of aliphatic hydroxyl groups excluding tert-OH is 1. The number of carbonyl (C=O) groups excluding carboxylic acids is 3. The molecule has 0 saturated heterocycles. The number of carboxylic acid groups (broad SMARTS) is 1. The summed E-state index contributed by atoms with van der Waals surface area (Å²) in [5.74, 6) is -3.19. The number of hydrogen-bond donors (Lipinski definition) is 2. The van der Waals surface area contributed by atoms with Crippen LogP contribution in [-0.4, -0.2) is 45.8 Å². The molecule has 0 atom stereocenters. The van der Waals surface area contributed by atoms with E-state index < -0.39 is 40.1 Å². The Labute approximate surface area is 211 Å². The largest absolute Gasteiger partial charge is 0.545 e. The molecule has 0 aliphatic rings. The Kier molecular flexibility index (Phi) is 7.01. The Hall–Kier alpha value is -4.22. The fraction of sp³-hybridized carbons (Fsp3) is 0.120. The number of fused-ring (bicyclic) bond motifs is 1. The second-order valence-corrected chi connectivity index (χ2v) is 8.21. The molecule has 1 heterocycles. The van der Waals surface area contributed by atoms with E-state index in [1.165, 1.54) is 42.5 Å². The summed E-state index contributed by atoms with van der Waals surface area (Å²) in [6.07, 6.45) is -4.89. The van der Waals surface area contributed by atoms with Crippen LogP contribution in [0.25, 0.3) is 22.2 Å². The number of aliphatic hydroxyl groups is 1. The number of nitrogens with one attached hydrogen (secondary N) is 1. The fourth-order valence-corrected chi connectivity index (χ4v) is 4.00. The highest BCUT2D eigenvalue weighted by Gasteiger charge is 2.37. The van der Waals surface area contributed by atoms with Crippen molar-refractivity contribution >= 4 is 40.3 Å². The first-order valence-corrected chi connectivity index (χ1v) is 11.0. The average molecular weight is 531 g/mol. The van der Waals surface area contributed by atoms with Crippen LogP contribution in [0.4, 0.5) is 13.2 Å². The van der Waals surface area contributed by atoms with Crippen LogP contribution in [0.3, 0.4) is 0 Å². The number of aromatic carboxylic acids is 1. The van der Waals surface area contributed by atoms with E-state index in [0.29, 0.717) is 10.9 Å². The van der Waals surface area contributed by atoms with Crippen molar-refractivity contribution in [3.8, 4) is 11.3 Å². The fourth-order valence-electron chi connectivity index (χ4n) is 3.74. The van der Waals surface area contributed by atoms with E-state index >= 15 is 0 Å². The molecule has 1 aromatic heterocycles. The third-order valence-corrected chi connectivity index (χ3v) is 5.77. The van der Waals surface area contributed by atoms with Crippen molar-refractivity contribution < 1.29 is 37.8 Å². The van der Waals surface area contributed by atoms with Gasteiger partial charge in [-0.1, -0.05) is 41.9 Å². The topological polar surface area (TPSA) is 124 Å². The van der Waals surface area contributed by atoms with Crippen molar-refractivity contribution in [2.75, 3.05) is 13.2 Å². The number of hydrogen-bond acceptors (Lipinski definition) is 6. The molecular formula is C25H16ClF3N3O5-. The summed E-state index contributed by atoms with van der Waals surface area (Å²) in [6.45, 7) is -0.358. The van der Waals surface area contributed by atoms with E-state index in [1.54, 1.807) is 0 Å². The Bertz CT molecular complexity index is 1530. The predicted molar refractivity (Wildman–Crippen MR) is 125 cm³/mol. The van der Waals surface area contributed by atoms with E-state index in [2.05, 4.69) is 10.4 Å². The van der Waals surface area contributed by atoms with Crippen molar-refractivity contribution in [1.82, 2.24) is 15.1 Å². The molecule has 0 aliphatic carbocycles. The van der Waals surface area contributed by atoms with Crippen LogP contribution in [0.5, 0.6) is 0 Å². The molecule has 8 nitrogen and oxygen atoms in total. The van der Waals surface area contributed by atoms with Crippen LogP contribution in [0.1, 0.15) is 36.6 Å². The van der Waals surface area contributed by atoms with Crippen molar-refractivity contribution in [1.29, 1.82) is 0 Å². The van der Waals surface area contributed by atoms with Gasteiger partial charge in [0.25, 0.3) is 11.8 Å². The van der Waals surface area contributed by atoms with Gasteiger partial charge in [-0.25, -0.2) is 0 Å². The Morgan fingerprint density at radius 2 is 1.70 bits per heavy atom. The van der Waals surface area contributed by atoms with Gasteiger partial charge in [0.15, 0.2) is 0 Å². The lowest BCUT2D eigenvalue weighted by molar-refractivity contribution is -0.255. The summed E-state index contributed by atoms with van der Waals surface area (Å²) in [5.41, 5.74) is -1.62. The molecule has 0 spiro atoms. The zero-order valence-corrected chi connectivity index (χ0v) is 19.4. The smallest absolute Gasteiger partial charge is 0.417 e. The van der Waals surface area contributed by atoms with Gasteiger partial charge in [-0.3, -0.25) is 9.59 Å². The normalized spacial score (nSPS) is 11.5. The van der Waals surface area contributed by atoms with Gasteiger partial charge in [0, 0.05) is 23.1 Å². The zero-order chi connectivity index (χ0) is 26.9. The lowest BCUT2D eigenvalue weighted by Gasteiger charge is -2.13. The zero-order valence-electron chi connectivity index (χ0n) is 18.7. The minimum absolute atomic E-state index is 0.00803. The average Bonchev–Trinajstić information content (AvgIpc) is 3.25. The van der Waals surface area contributed by atoms with Crippen LogP contribution >= 0.6 is 11.6 Å². The van der Waals surface area contributed by atoms with Gasteiger partial charge in [-0.15, -0.1) is 0 Å². The van der Waals surface area contributed by atoms with Crippen molar-refractivity contribution in [3.63, 3.8) is 0 Å². The maximum Gasteiger partial charge on any atom is 0.417 e. The Morgan fingerprint density at radius 3 is 2.32 bits per heavy atom. The lowest BCUT2D eigenvalue weighted by Crippen LogP contribution is -2.26. The summed E-state index contributed by atoms with van der Waals surface area (Å²) < 4.78 is 41.9. The van der Waals surface area contributed by atoms with Gasteiger partial charge in [0.05, 0.1) is 34.2 Å². The molecule has 1 amide bonds. The minimum atomic E-state index is -4.89. The quantitative estimate of drug-likeness (QED) is 0.395. The number of carboxylic acids is 1. The number of halogens is 4. The molecule has 37 heavy (non-hydrogen) atoms. The van der Waals surface area contributed by atoms with Gasteiger partial charge in [-0.2, -0.15) is 23.0 Å². The van der Waals surface area contributed by atoms with Crippen molar-refractivity contribution in [2.24, 2.45) is 0 Å². The number of aromatic nitrogens is 2. The summed E-state index contributed by atoms with van der Waals surface area (Å²) in [4.78, 5) is 37.0. The Morgan fingerprint density at radius 1 is 1.03 bits per heavy atom. The molecule has 0 aliphatic heterocycles. The highest BCUT2D eigenvalue weighted by Crippen LogP contribution is 2.37. The van der Waals surface area contributed by atoms with Crippen LogP contribution in [0, 0.1) is 0 Å². The number of benzene rings is 3. The van der Waals surface area contributed by atoms with Gasteiger partial charge >= 0.3 is 6.18 Å². The molecular weight excluding hydrogens is 515 g/mol. The van der Waals surface area contributed by atoms with Crippen LogP contribution in [0.15, 0.2) is 60.7 Å². The first-order valence-electron chi connectivity index (χ1n) is 10.7. The number of alkyl halides is 3. The lowest BCUT2D eigenvalue weighted by atomic mass is 10.0. The molecule has 190 valence electrons. The molecule has 0 radical (unpaired) electrons. The number of rotatable bonds is 6. The molecule has 0 bridgehead atoms. The first-order chi connectivity index (χ1) is 17.5. The van der Waals surface area contributed by atoms with E-state index in [-0.39, 0.29) is 35.5 Å². The third kappa shape index (κ3) is 5.04. The second-order valence-electron chi connectivity index (χ2n) is 7.80. The van der Waals surface area contributed by atoms with Crippen molar-refractivity contribution in [3.05, 3.63) is 87.9 Å². The first kappa shape index (κ1) is 25.9. The SMILES string of the molecule is O=C([O-])c1ccc(-c2nn(C(=O)c3c(Cl)cccc3C(F)(F)F)c3cc(C(=O)NCCO)ccc23)cc1. The van der Waals surface area contributed by atoms with Crippen molar-refractivity contribution in [2.45, 2.75) is 6.18 Å². The molecule has 0 fully saturated rings. The number of amides is 1. The van der Waals surface area contributed by atoms with Gasteiger partial charge < -0.3 is 20.3 Å². The second kappa shape index (κ2) is 10.0. The maximum absolute atomic E-state index is 13.7. The highest BCUT2D eigenvalue weighted by atomic mass is 35.5. The van der Waals surface area contributed by atoms with E-state index in [1.807, 2.05) is 0 Å². The standard InChI is InChI=1S/C25H17ClF3N3O5/c26-18-3-1-2-17(25(27,28)29)20(18)23(35)32-19-12-15(22(34)30-10-11-33)8-9-16(19)21(31-32)13-4-6-14(7-5-13)24(36)37/h1-9,12,33H,10-11H2,(H,30,34)(H,36,37)/p-1.